The summed E-state index contributed by atoms with van der Waals surface area (Å²) in [6.45, 7) is 0. The highest BCUT2D eigenvalue weighted by Crippen LogP contribution is 2.38. The first-order valence-corrected chi connectivity index (χ1v) is 6.93. The molecule has 0 amide bonds. The van der Waals surface area contributed by atoms with E-state index in [-0.39, 0.29) is 11.6 Å². The van der Waals surface area contributed by atoms with Crippen molar-refractivity contribution in [3.05, 3.63) is 29.6 Å². The highest BCUT2D eigenvalue weighted by molar-refractivity contribution is 5.61. The van der Waals surface area contributed by atoms with Gasteiger partial charge in [-0.3, -0.25) is 0 Å². The van der Waals surface area contributed by atoms with E-state index in [9.17, 15) is 9.65 Å². The van der Waals surface area contributed by atoms with Gasteiger partial charge in [-0.2, -0.15) is 5.26 Å². The number of benzene rings is 1. The normalized spacial score (nSPS) is 29.9. The first-order chi connectivity index (χ1) is 9.20. The van der Waals surface area contributed by atoms with Gasteiger partial charge >= 0.3 is 0 Å². The third-order valence-corrected chi connectivity index (χ3v) is 4.39. The predicted molar refractivity (Wildman–Crippen MR) is 72.2 cm³/mol. The lowest BCUT2D eigenvalue weighted by atomic mass is 9.81. The molecule has 2 aliphatic rings. The van der Waals surface area contributed by atoms with Gasteiger partial charge in [-0.15, -0.1) is 0 Å². The second-order valence-corrected chi connectivity index (χ2v) is 5.62. The second-order valence-electron chi connectivity index (χ2n) is 5.62. The Morgan fingerprint density at radius 2 is 1.95 bits per heavy atom. The topological polar surface area (TPSA) is 53.0 Å². The highest BCUT2D eigenvalue weighted by atomic mass is 19.1. The van der Waals surface area contributed by atoms with E-state index >= 15 is 0 Å². The zero-order chi connectivity index (χ0) is 13.4. The van der Waals surface area contributed by atoms with Gasteiger partial charge in [0.1, 0.15) is 17.4 Å². The van der Waals surface area contributed by atoms with E-state index in [1.807, 2.05) is 12.1 Å². The second kappa shape index (κ2) is 4.82. The molecule has 1 aromatic rings. The first-order valence-electron chi connectivity index (χ1n) is 6.93. The number of piperidine rings is 2. The van der Waals surface area contributed by atoms with Crippen LogP contribution >= 0.6 is 0 Å². The fourth-order valence-corrected chi connectivity index (χ4v) is 3.66. The van der Waals surface area contributed by atoms with Gasteiger partial charge in [0.15, 0.2) is 0 Å². The molecule has 2 saturated heterocycles. The zero-order valence-electron chi connectivity index (χ0n) is 10.8. The summed E-state index contributed by atoms with van der Waals surface area (Å²) < 4.78 is 13.8. The van der Waals surface area contributed by atoms with Gasteiger partial charge in [0.2, 0.25) is 0 Å². The van der Waals surface area contributed by atoms with Crippen molar-refractivity contribution >= 4 is 5.69 Å². The van der Waals surface area contributed by atoms with Crippen LogP contribution in [0.1, 0.15) is 37.7 Å². The number of rotatable bonds is 1. The summed E-state index contributed by atoms with van der Waals surface area (Å²) in [4.78, 5) is 2.26. The molecule has 0 aliphatic carbocycles. The van der Waals surface area contributed by atoms with E-state index in [0.29, 0.717) is 12.1 Å². The number of hydrogen-bond acceptors (Lipinski definition) is 3. The van der Waals surface area contributed by atoms with Crippen LogP contribution < -0.4 is 10.6 Å². The molecule has 3 nitrogen and oxygen atoms in total. The maximum absolute atomic E-state index is 13.8. The molecule has 0 radical (unpaired) electrons. The predicted octanol–water partition coefficient (Wildman–Crippen LogP) is 2.55. The molecule has 0 saturated carbocycles. The number of fused-ring (bicyclic) bond motifs is 2. The maximum Gasteiger partial charge on any atom is 0.143 e. The van der Waals surface area contributed by atoms with Gasteiger partial charge in [-0.05, 0) is 44.2 Å². The van der Waals surface area contributed by atoms with Gasteiger partial charge in [0.05, 0.1) is 5.69 Å². The number of anilines is 1. The van der Waals surface area contributed by atoms with E-state index in [4.69, 9.17) is 5.73 Å². The Kier molecular flexibility index (Phi) is 3.16. The van der Waals surface area contributed by atoms with Crippen LogP contribution in [0.4, 0.5) is 10.1 Å². The van der Waals surface area contributed by atoms with E-state index in [1.165, 1.54) is 12.5 Å². The summed E-state index contributed by atoms with van der Waals surface area (Å²) in [6, 6.07) is 7.88. The number of hydrogen-bond donors (Lipinski definition) is 1. The van der Waals surface area contributed by atoms with Gasteiger partial charge in [0, 0.05) is 18.1 Å². The molecule has 2 bridgehead atoms. The third kappa shape index (κ3) is 2.08. The largest absolute Gasteiger partial charge is 0.364 e. The van der Waals surface area contributed by atoms with Crippen LogP contribution in [0.25, 0.3) is 0 Å². The van der Waals surface area contributed by atoms with E-state index < -0.39 is 5.82 Å². The van der Waals surface area contributed by atoms with Crippen LogP contribution in [0.15, 0.2) is 18.2 Å². The van der Waals surface area contributed by atoms with Crippen LogP contribution in [0.5, 0.6) is 0 Å². The zero-order valence-corrected chi connectivity index (χ0v) is 10.8. The number of nitrogens with two attached hydrogens (primary N) is 1. The van der Waals surface area contributed by atoms with E-state index in [1.54, 1.807) is 6.07 Å². The van der Waals surface area contributed by atoms with Crippen LogP contribution in [0.2, 0.25) is 0 Å². The number of nitrogens with zero attached hydrogens (tertiary/aromatic N) is 2. The van der Waals surface area contributed by atoms with Crippen molar-refractivity contribution in [2.24, 2.45) is 5.73 Å². The minimum atomic E-state index is -0.423. The fraction of sp³-hybridized carbons (Fsp3) is 0.533. The molecule has 1 aromatic carbocycles. The molecule has 2 N–H and O–H groups in total. The van der Waals surface area contributed by atoms with Crippen molar-refractivity contribution in [2.45, 2.75) is 50.2 Å². The summed E-state index contributed by atoms with van der Waals surface area (Å²) in [5.74, 6) is -0.423. The van der Waals surface area contributed by atoms with Gasteiger partial charge in [-0.1, -0.05) is 6.07 Å². The highest BCUT2D eigenvalue weighted by Gasteiger charge is 2.38. The van der Waals surface area contributed by atoms with Crippen LogP contribution in [0.3, 0.4) is 0 Å². The third-order valence-electron chi connectivity index (χ3n) is 4.39. The Labute approximate surface area is 112 Å². The standard InChI is InChI=1S/C15H18FN3/c16-14-5-2-6-15(13(14)9-17)19-11-3-1-4-12(19)8-10(18)7-11/h2,5-6,10-12H,1,3-4,7-8,18H2. The first kappa shape index (κ1) is 12.4. The Morgan fingerprint density at radius 1 is 1.26 bits per heavy atom. The summed E-state index contributed by atoms with van der Waals surface area (Å²) in [6.07, 6.45) is 5.27. The summed E-state index contributed by atoms with van der Waals surface area (Å²) in [7, 11) is 0. The molecule has 2 aliphatic heterocycles. The number of halogens is 1. The molecular weight excluding hydrogens is 241 g/mol. The fourth-order valence-electron chi connectivity index (χ4n) is 3.66. The Bertz CT molecular complexity index is 509. The molecule has 4 heteroatoms. The van der Waals surface area contributed by atoms with Crippen LogP contribution in [-0.2, 0) is 0 Å². The summed E-state index contributed by atoms with van der Waals surface area (Å²) >= 11 is 0. The van der Waals surface area contributed by atoms with Crippen LogP contribution in [0, 0.1) is 17.1 Å². The lowest BCUT2D eigenvalue weighted by Gasteiger charge is -2.49. The van der Waals surface area contributed by atoms with Gasteiger partial charge in [0.25, 0.3) is 0 Å². The van der Waals surface area contributed by atoms with Crippen molar-refractivity contribution < 1.29 is 4.39 Å². The Balaban J connectivity index is 2.02. The minimum Gasteiger partial charge on any atom is -0.364 e. The van der Waals surface area contributed by atoms with Crippen molar-refractivity contribution in [1.29, 1.82) is 5.26 Å². The quantitative estimate of drug-likeness (QED) is 0.843. The molecular formula is C15H18FN3. The SMILES string of the molecule is N#Cc1c(F)cccc1N1C2CCCC1CC(N)C2. The molecule has 100 valence electrons. The van der Waals surface area contributed by atoms with Crippen molar-refractivity contribution in [2.75, 3.05) is 4.90 Å². The van der Waals surface area contributed by atoms with Crippen molar-refractivity contribution in [3.8, 4) is 6.07 Å². The molecule has 0 spiro atoms. The lowest BCUT2D eigenvalue weighted by molar-refractivity contribution is 0.271. The van der Waals surface area contributed by atoms with Crippen LogP contribution in [-0.4, -0.2) is 18.1 Å². The average Bonchev–Trinajstić information content (AvgIpc) is 2.37. The van der Waals surface area contributed by atoms with Crippen molar-refractivity contribution in [1.82, 2.24) is 0 Å². The smallest absolute Gasteiger partial charge is 0.143 e. The molecule has 2 fully saturated rings. The lowest BCUT2D eigenvalue weighted by Crippen LogP contribution is -2.55. The molecule has 3 rings (SSSR count). The molecule has 2 unspecified atom stereocenters. The summed E-state index contributed by atoms with van der Waals surface area (Å²) in [5.41, 5.74) is 7.03. The monoisotopic (exact) mass is 259 g/mol. The summed E-state index contributed by atoms with van der Waals surface area (Å²) in [5, 5.41) is 9.20. The van der Waals surface area contributed by atoms with Gasteiger partial charge < -0.3 is 10.6 Å². The Morgan fingerprint density at radius 3 is 2.58 bits per heavy atom. The maximum atomic E-state index is 13.8. The van der Waals surface area contributed by atoms with E-state index in [0.717, 1.165) is 31.4 Å². The average molecular weight is 259 g/mol. The molecule has 0 aromatic heterocycles. The molecule has 2 atom stereocenters. The molecule has 2 heterocycles. The minimum absolute atomic E-state index is 0.176. The van der Waals surface area contributed by atoms with E-state index in [2.05, 4.69) is 4.90 Å². The van der Waals surface area contributed by atoms with Crippen molar-refractivity contribution in [3.63, 3.8) is 0 Å². The molecule has 19 heavy (non-hydrogen) atoms. The number of nitriles is 1. The van der Waals surface area contributed by atoms with Gasteiger partial charge in [-0.25, -0.2) is 4.39 Å². The Hall–Kier alpha value is -1.60.